The van der Waals surface area contributed by atoms with Crippen LogP contribution in [0.2, 0.25) is 0 Å². The summed E-state index contributed by atoms with van der Waals surface area (Å²) in [5, 5.41) is 0. The van der Waals surface area contributed by atoms with E-state index in [0.29, 0.717) is 10.8 Å². The molecule has 1 saturated heterocycles. The molecule has 2 unspecified atom stereocenters. The third-order valence-corrected chi connectivity index (χ3v) is 5.92. The van der Waals surface area contributed by atoms with Gasteiger partial charge in [0, 0.05) is 35.7 Å². The Bertz CT molecular complexity index is 458. The molecule has 2 atom stereocenters. The number of nitrogens with zero attached hydrogens (tertiary/aromatic N) is 1. The molecule has 0 spiro atoms. The number of thioether (sulfide) groups is 1. The minimum atomic E-state index is 0.227. The van der Waals surface area contributed by atoms with E-state index in [2.05, 4.69) is 54.8 Å². The smallest absolute Gasteiger partial charge is 0.0369 e. The van der Waals surface area contributed by atoms with Crippen LogP contribution in [-0.2, 0) is 0 Å². The Kier molecular flexibility index (Phi) is 3.63. The Balaban J connectivity index is 1.80. The lowest BCUT2D eigenvalue weighted by molar-refractivity contribution is 0.200. The van der Waals surface area contributed by atoms with Crippen LogP contribution in [0, 0.1) is 0 Å². The minimum Gasteiger partial charge on any atom is -0.324 e. The van der Waals surface area contributed by atoms with Gasteiger partial charge in [0.05, 0.1) is 0 Å². The van der Waals surface area contributed by atoms with Gasteiger partial charge in [-0.2, -0.15) is 11.8 Å². The van der Waals surface area contributed by atoms with Crippen molar-refractivity contribution >= 4 is 11.8 Å². The summed E-state index contributed by atoms with van der Waals surface area (Å²) in [4.78, 5) is 2.66. The molecule has 1 aliphatic carbocycles. The lowest BCUT2D eigenvalue weighted by Gasteiger charge is -2.28. The van der Waals surface area contributed by atoms with Crippen LogP contribution in [0.25, 0.3) is 0 Å². The molecule has 0 radical (unpaired) electrons. The van der Waals surface area contributed by atoms with Crippen molar-refractivity contribution in [2.24, 2.45) is 5.73 Å². The van der Waals surface area contributed by atoms with Crippen molar-refractivity contribution in [1.29, 1.82) is 0 Å². The van der Waals surface area contributed by atoms with E-state index in [0.717, 1.165) is 6.42 Å². The summed E-state index contributed by atoms with van der Waals surface area (Å²) < 4.78 is 0.426. The molecule has 3 rings (SSSR count). The van der Waals surface area contributed by atoms with Gasteiger partial charge in [0.25, 0.3) is 0 Å². The monoisotopic (exact) mass is 276 g/mol. The van der Waals surface area contributed by atoms with E-state index < -0.39 is 0 Å². The van der Waals surface area contributed by atoms with Crippen LogP contribution < -0.4 is 5.73 Å². The first kappa shape index (κ1) is 13.5. The summed E-state index contributed by atoms with van der Waals surface area (Å²) in [6.45, 7) is 7.14. The Morgan fingerprint density at radius 3 is 2.74 bits per heavy atom. The molecule has 1 fully saturated rings. The van der Waals surface area contributed by atoms with Crippen molar-refractivity contribution < 1.29 is 0 Å². The molecule has 104 valence electrons. The highest BCUT2D eigenvalue weighted by Gasteiger charge is 2.34. The van der Waals surface area contributed by atoms with Crippen LogP contribution in [0.15, 0.2) is 24.3 Å². The molecular formula is C16H24N2S. The van der Waals surface area contributed by atoms with Gasteiger partial charge in [-0.05, 0) is 24.0 Å². The first-order valence-corrected chi connectivity index (χ1v) is 8.28. The Hall–Kier alpha value is -0.510. The van der Waals surface area contributed by atoms with Crippen molar-refractivity contribution in [3.8, 4) is 0 Å². The SMILES string of the molecule is CC1(C)CCN(C2CC(N)c3ccccc32)CCS1. The number of rotatable bonds is 1. The van der Waals surface area contributed by atoms with E-state index in [-0.39, 0.29) is 6.04 Å². The molecular weight excluding hydrogens is 252 g/mol. The van der Waals surface area contributed by atoms with Crippen LogP contribution >= 0.6 is 11.8 Å². The second-order valence-corrected chi connectivity index (χ2v) is 8.18. The van der Waals surface area contributed by atoms with E-state index in [4.69, 9.17) is 5.73 Å². The normalized spacial score (nSPS) is 30.9. The molecule has 19 heavy (non-hydrogen) atoms. The standard InChI is InChI=1S/C16H24N2S/c1-16(2)7-8-18(9-10-19-16)15-11-14(17)12-5-3-4-6-13(12)15/h3-6,14-15H,7-11,17H2,1-2H3. The number of fused-ring (bicyclic) bond motifs is 1. The fraction of sp³-hybridized carbons (Fsp3) is 0.625. The van der Waals surface area contributed by atoms with E-state index in [1.807, 2.05) is 0 Å². The van der Waals surface area contributed by atoms with E-state index in [1.54, 1.807) is 0 Å². The first-order chi connectivity index (χ1) is 9.07. The Labute approximate surface area is 120 Å². The average Bonchev–Trinajstić information content (AvgIpc) is 2.60. The van der Waals surface area contributed by atoms with Crippen molar-refractivity contribution in [3.05, 3.63) is 35.4 Å². The van der Waals surface area contributed by atoms with Gasteiger partial charge in [0.2, 0.25) is 0 Å². The molecule has 2 N–H and O–H groups in total. The summed E-state index contributed by atoms with van der Waals surface area (Å²) in [6.07, 6.45) is 2.36. The van der Waals surface area contributed by atoms with Crippen LogP contribution in [0.1, 0.15) is 49.9 Å². The summed E-state index contributed by atoms with van der Waals surface area (Å²) in [5.41, 5.74) is 9.14. The van der Waals surface area contributed by atoms with Gasteiger partial charge in [-0.25, -0.2) is 0 Å². The zero-order valence-electron chi connectivity index (χ0n) is 11.9. The van der Waals surface area contributed by atoms with Crippen molar-refractivity contribution in [3.63, 3.8) is 0 Å². The molecule has 0 amide bonds. The number of hydrogen-bond donors (Lipinski definition) is 1. The highest BCUT2D eigenvalue weighted by molar-refractivity contribution is 8.00. The fourth-order valence-electron chi connectivity index (χ4n) is 3.34. The van der Waals surface area contributed by atoms with Gasteiger partial charge in [-0.1, -0.05) is 38.1 Å². The third-order valence-electron chi connectivity index (χ3n) is 4.54. The van der Waals surface area contributed by atoms with Gasteiger partial charge < -0.3 is 5.73 Å². The van der Waals surface area contributed by atoms with Gasteiger partial charge in [-0.3, -0.25) is 4.90 Å². The second-order valence-electron chi connectivity index (χ2n) is 6.38. The quantitative estimate of drug-likeness (QED) is 0.853. The Morgan fingerprint density at radius 2 is 1.95 bits per heavy atom. The molecule has 0 bridgehead atoms. The maximum Gasteiger partial charge on any atom is 0.0369 e. The predicted octanol–water partition coefficient (Wildman–Crippen LogP) is 3.35. The third kappa shape index (κ3) is 2.69. The van der Waals surface area contributed by atoms with Crippen molar-refractivity contribution in [2.45, 2.75) is 43.5 Å². The summed E-state index contributed by atoms with van der Waals surface area (Å²) in [7, 11) is 0. The van der Waals surface area contributed by atoms with Crippen LogP contribution in [-0.4, -0.2) is 28.5 Å². The fourth-order valence-corrected chi connectivity index (χ4v) is 4.45. The average molecular weight is 276 g/mol. The number of benzene rings is 1. The predicted molar refractivity (Wildman–Crippen MR) is 83.5 cm³/mol. The second kappa shape index (κ2) is 5.12. The summed E-state index contributed by atoms with van der Waals surface area (Å²) >= 11 is 2.11. The lowest BCUT2D eigenvalue weighted by Crippen LogP contribution is -2.31. The minimum absolute atomic E-state index is 0.227. The zero-order chi connectivity index (χ0) is 13.5. The van der Waals surface area contributed by atoms with Crippen molar-refractivity contribution in [1.82, 2.24) is 4.90 Å². The lowest BCUT2D eigenvalue weighted by atomic mass is 10.0. The van der Waals surface area contributed by atoms with Crippen molar-refractivity contribution in [2.75, 3.05) is 18.8 Å². The number of nitrogens with two attached hydrogens (primary N) is 1. The molecule has 2 aliphatic rings. The molecule has 1 aromatic carbocycles. The summed E-state index contributed by atoms with van der Waals surface area (Å²) in [5.74, 6) is 1.24. The maximum absolute atomic E-state index is 6.30. The zero-order valence-corrected chi connectivity index (χ0v) is 12.7. The van der Waals surface area contributed by atoms with Crippen LogP contribution in [0.5, 0.6) is 0 Å². The first-order valence-electron chi connectivity index (χ1n) is 7.29. The highest BCUT2D eigenvalue weighted by atomic mass is 32.2. The molecule has 1 aliphatic heterocycles. The molecule has 1 aromatic rings. The molecule has 1 heterocycles. The largest absolute Gasteiger partial charge is 0.324 e. The number of hydrogen-bond acceptors (Lipinski definition) is 3. The van der Waals surface area contributed by atoms with Gasteiger partial charge in [-0.15, -0.1) is 0 Å². The topological polar surface area (TPSA) is 29.3 Å². The molecule has 3 heteroatoms. The van der Waals surface area contributed by atoms with Gasteiger partial charge in [0.15, 0.2) is 0 Å². The molecule has 0 aromatic heterocycles. The molecule has 2 nitrogen and oxygen atoms in total. The van der Waals surface area contributed by atoms with E-state index in [9.17, 15) is 0 Å². The van der Waals surface area contributed by atoms with Gasteiger partial charge in [0.1, 0.15) is 0 Å². The van der Waals surface area contributed by atoms with Gasteiger partial charge >= 0.3 is 0 Å². The van der Waals surface area contributed by atoms with E-state index in [1.165, 1.54) is 36.4 Å². The van der Waals surface area contributed by atoms with E-state index >= 15 is 0 Å². The highest BCUT2D eigenvalue weighted by Crippen LogP contribution is 2.42. The maximum atomic E-state index is 6.30. The summed E-state index contributed by atoms with van der Waals surface area (Å²) in [6, 6.07) is 9.51. The molecule has 0 saturated carbocycles. The Morgan fingerprint density at radius 1 is 1.21 bits per heavy atom. The van der Waals surface area contributed by atoms with Crippen LogP contribution in [0.3, 0.4) is 0 Å². The van der Waals surface area contributed by atoms with Crippen LogP contribution in [0.4, 0.5) is 0 Å².